The number of nitrogens with zero attached hydrogens (tertiary/aromatic N) is 4. The Bertz CT molecular complexity index is 1770. The highest BCUT2D eigenvalue weighted by molar-refractivity contribution is 5.92. The third-order valence-electron chi connectivity index (χ3n) is 9.65. The third kappa shape index (κ3) is 2.66. The van der Waals surface area contributed by atoms with E-state index in [1.165, 1.54) is 33.4 Å². The molecule has 0 spiro atoms. The lowest BCUT2D eigenvalue weighted by molar-refractivity contribution is 0.328. The zero-order valence-corrected chi connectivity index (χ0v) is 22.4. The molecule has 2 atom stereocenters. The number of aryl methyl sites for hydroxylation is 3. The van der Waals surface area contributed by atoms with Gasteiger partial charge < -0.3 is 5.73 Å². The van der Waals surface area contributed by atoms with Gasteiger partial charge in [-0.05, 0) is 121 Å². The van der Waals surface area contributed by atoms with E-state index in [2.05, 4.69) is 64.1 Å². The number of nitrogen functional groups attached to an aromatic ring is 1. The molecule has 0 amide bonds. The average molecular weight is 496 g/mol. The van der Waals surface area contributed by atoms with Crippen LogP contribution >= 0.6 is 0 Å². The molecule has 38 heavy (non-hydrogen) atoms. The van der Waals surface area contributed by atoms with E-state index in [0.29, 0.717) is 0 Å². The zero-order chi connectivity index (χ0) is 26.1. The molecule has 6 aromatic rings. The van der Waals surface area contributed by atoms with Crippen molar-refractivity contribution in [1.82, 2.24) is 19.9 Å². The van der Waals surface area contributed by atoms with Gasteiger partial charge in [0.05, 0.1) is 44.1 Å². The van der Waals surface area contributed by atoms with Crippen molar-refractivity contribution in [2.24, 2.45) is 0 Å². The first-order chi connectivity index (χ1) is 18.1. The maximum atomic E-state index is 6.20. The predicted octanol–water partition coefficient (Wildman–Crippen LogP) is 7.11. The number of hydrogen-bond acceptors (Lipinski definition) is 5. The second kappa shape index (κ2) is 6.84. The van der Waals surface area contributed by atoms with Gasteiger partial charge in [0, 0.05) is 16.5 Å². The van der Waals surface area contributed by atoms with Crippen molar-refractivity contribution in [3.8, 4) is 0 Å². The number of hydrogen-bond donors (Lipinski definition) is 1. The summed E-state index contributed by atoms with van der Waals surface area (Å²) in [5.41, 5.74) is 23.2. The van der Waals surface area contributed by atoms with Gasteiger partial charge in [0.1, 0.15) is 0 Å². The van der Waals surface area contributed by atoms with E-state index in [9.17, 15) is 0 Å². The quantitative estimate of drug-likeness (QED) is 0.180. The fraction of sp³-hybridized carbons (Fsp3) is 0.273. The molecule has 2 N–H and O–H groups in total. The van der Waals surface area contributed by atoms with E-state index in [-0.39, 0.29) is 10.8 Å². The number of anilines is 1. The van der Waals surface area contributed by atoms with Crippen molar-refractivity contribution >= 4 is 49.8 Å². The maximum absolute atomic E-state index is 6.20. The molecule has 0 saturated carbocycles. The van der Waals surface area contributed by atoms with E-state index in [1.54, 1.807) is 0 Å². The first-order valence-corrected chi connectivity index (χ1v) is 13.4. The molecule has 3 aliphatic rings. The van der Waals surface area contributed by atoms with Crippen LogP contribution in [0.15, 0.2) is 48.5 Å². The smallest absolute Gasteiger partial charge is 0.0915 e. The summed E-state index contributed by atoms with van der Waals surface area (Å²) in [4.78, 5) is 20.2. The van der Waals surface area contributed by atoms with Gasteiger partial charge in [0.15, 0.2) is 0 Å². The van der Waals surface area contributed by atoms with E-state index < -0.39 is 0 Å². The van der Waals surface area contributed by atoms with Crippen molar-refractivity contribution < 1.29 is 0 Å². The molecule has 0 saturated heterocycles. The minimum absolute atomic E-state index is 0.113. The SMILES string of the molecule is Cc1cc2nc3cc4c(cc3nc2cc1C)C1(C)CCC4(C)c2cc3nc4cc(C)c(N)cc4nc3cc21. The molecule has 3 aliphatic carbocycles. The number of nitrogens with two attached hydrogens (primary N) is 1. The van der Waals surface area contributed by atoms with Gasteiger partial charge in [-0.25, -0.2) is 19.9 Å². The molecule has 2 bridgehead atoms. The minimum atomic E-state index is -0.117. The molecule has 186 valence electrons. The summed E-state index contributed by atoms with van der Waals surface area (Å²) in [5.74, 6) is 0. The fourth-order valence-electron chi connectivity index (χ4n) is 7.03. The molecule has 2 heterocycles. The number of fused-ring (bicyclic) bond motifs is 5. The standard InChI is InChI=1S/C33H29N5/c1-16-8-24-25(9-17(16)2)36-28-12-20-19(11-27(28)35-24)32(4)6-7-33(20,5)22-14-30-29(13-21(22)32)37-26-10-18(3)23(34)15-31(26)38-30/h8-15H,6-7,34H2,1-5H3. The monoisotopic (exact) mass is 495 g/mol. The van der Waals surface area contributed by atoms with E-state index >= 15 is 0 Å². The lowest BCUT2D eigenvalue weighted by atomic mass is 9.50. The molecular weight excluding hydrogens is 466 g/mol. The highest BCUT2D eigenvalue weighted by atomic mass is 14.8. The Labute approximate surface area is 221 Å². The van der Waals surface area contributed by atoms with E-state index in [4.69, 9.17) is 25.7 Å². The van der Waals surface area contributed by atoms with Crippen LogP contribution in [0.1, 0.15) is 65.6 Å². The predicted molar refractivity (Wildman–Crippen MR) is 155 cm³/mol. The summed E-state index contributed by atoms with van der Waals surface area (Å²) in [6, 6.07) is 17.5. The number of benzene rings is 4. The molecule has 0 fully saturated rings. The molecule has 9 rings (SSSR count). The Morgan fingerprint density at radius 1 is 0.474 bits per heavy atom. The molecule has 5 nitrogen and oxygen atoms in total. The maximum Gasteiger partial charge on any atom is 0.0915 e. The number of rotatable bonds is 0. The van der Waals surface area contributed by atoms with Gasteiger partial charge in [-0.3, -0.25) is 0 Å². The normalized spacial score (nSPS) is 21.9. The van der Waals surface area contributed by atoms with Gasteiger partial charge >= 0.3 is 0 Å². The first-order valence-electron chi connectivity index (χ1n) is 13.4. The summed E-state index contributed by atoms with van der Waals surface area (Å²) in [6.45, 7) is 11.1. The van der Waals surface area contributed by atoms with Gasteiger partial charge in [-0.15, -0.1) is 0 Å². The van der Waals surface area contributed by atoms with Crippen LogP contribution in [0.2, 0.25) is 0 Å². The zero-order valence-electron chi connectivity index (χ0n) is 22.4. The topological polar surface area (TPSA) is 77.6 Å². The van der Waals surface area contributed by atoms with Crippen molar-refractivity contribution in [2.75, 3.05) is 5.73 Å². The van der Waals surface area contributed by atoms with E-state index in [0.717, 1.165) is 68.2 Å². The van der Waals surface area contributed by atoms with Crippen LogP contribution in [0.4, 0.5) is 5.69 Å². The van der Waals surface area contributed by atoms with Crippen molar-refractivity contribution in [1.29, 1.82) is 0 Å². The fourth-order valence-corrected chi connectivity index (χ4v) is 7.03. The summed E-state index contributed by atoms with van der Waals surface area (Å²) in [6.07, 6.45) is 2.18. The lowest BCUT2D eigenvalue weighted by Gasteiger charge is -2.53. The molecule has 2 aromatic heterocycles. The van der Waals surface area contributed by atoms with Crippen LogP contribution in [-0.4, -0.2) is 19.9 Å². The van der Waals surface area contributed by atoms with Crippen LogP contribution in [0.3, 0.4) is 0 Å². The largest absolute Gasteiger partial charge is 0.398 e. The second-order valence-corrected chi connectivity index (χ2v) is 12.0. The van der Waals surface area contributed by atoms with Gasteiger partial charge in [-0.1, -0.05) is 13.8 Å². The number of aromatic nitrogens is 4. The highest BCUT2D eigenvalue weighted by Gasteiger charge is 2.51. The Hall–Kier alpha value is -4.12. The third-order valence-corrected chi connectivity index (χ3v) is 9.65. The molecule has 4 aromatic carbocycles. The van der Waals surface area contributed by atoms with Crippen molar-refractivity contribution in [3.05, 3.63) is 87.5 Å². The van der Waals surface area contributed by atoms with Gasteiger partial charge in [-0.2, -0.15) is 0 Å². The van der Waals surface area contributed by atoms with Crippen molar-refractivity contribution in [3.63, 3.8) is 0 Å². The Balaban J connectivity index is 1.41. The lowest BCUT2D eigenvalue weighted by Crippen LogP contribution is -2.46. The van der Waals surface area contributed by atoms with E-state index in [1.807, 2.05) is 19.1 Å². The minimum Gasteiger partial charge on any atom is -0.398 e. The van der Waals surface area contributed by atoms with Gasteiger partial charge in [0.2, 0.25) is 0 Å². The van der Waals surface area contributed by atoms with Crippen molar-refractivity contribution in [2.45, 2.75) is 58.3 Å². The summed E-state index contributed by atoms with van der Waals surface area (Å²) < 4.78 is 0. The summed E-state index contributed by atoms with van der Waals surface area (Å²) in [7, 11) is 0. The molecule has 0 aliphatic heterocycles. The summed E-state index contributed by atoms with van der Waals surface area (Å²) >= 11 is 0. The molecule has 5 heteroatoms. The Morgan fingerprint density at radius 3 is 1.13 bits per heavy atom. The Kier molecular flexibility index (Phi) is 3.95. The Morgan fingerprint density at radius 2 is 0.763 bits per heavy atom. The van der Waals surface area contributed by atoms with Crippen LogP contribution in [0, 0.1) is 20.8 Å². The van der Waals surface area contributed by atoms with Crippen LogP contribution in [0.25, 0.3) is 44.1 Å². The van der Waals surface area contributed by atoms with Crippen LogP contribution in [-0.2, 0) is 10.8 Å². The van der Waals surface area contributed by atoms with Crippen LogP contribution in [0.5, 0.6) is 0 Å². The highest BCUT2D eigenvalue weighted by Crippen LogP contribution is 2.60. The average Bonchev–Trinajstić information content (AvgIpc) is 2.88. The molecule has 2 unspecified atom stereocenters. The summed E-state index contributed by atoms with van der Waals surface area (Å²) in [5, 5.41) is 0. The van der Waals surface area contributed by atoms with Crippen LogP contribution < -0.4 is 5.73 Å². The second-order valence-electron chi connectivity index (χ2n) is 12.0. The first kappa shape index (κ1) is 21.9. The molecule has 0 radical (unpaired) electrons. The molecular formula is C33H29N5. The van der Waals surface area contributed by atoms with Gasteiger partial charge in [0.25, 0.3) is 0 Å².